The van der Waals surface area contributed by atoms with E-state index in [1.165, 1.54) is 16.0 Å². The number of hydrogen-bond acceptors (Lipinski definition) is 3. The van der Waals surface area contributed by atoms with Crippen molar-refractivity contribution in [2.75, 3.05) is 11.9 Å². The number of hydrogen-bond donors (Lipinski definition) is 1. The second-order valence-corrected chi connectivity index (χ2v) is 6.47. The van der Waals surface area contributed by atoms with Gasteiger partial charge >= 0.3 is 0 Å². The fourth-order valence-electron chi connectivity index (χ4n) is 2.28. The van der Waals surface area contributed by atoms with Gasteiger partial charge in [-0.25, -0.2) is 0 Å². The Labute approximate surface area is 119 Å². The van der Waals surface area contributed by atoms with Crippen molar-refractivity contribution in [1.82, 2.24) is 0 Å². The number of benzene rings is 1. The highest BCUT2D eigenvalue weighted by Crippen LogP contribution is 2.39. The maximum atomic E-state index is 6.14. The van der Waals surface area contributed by atoms with Gasteiger partial charge in [0.15, 0.2) is 6.10 Å². The van der Waals surface area contributed by atoms with Crippen LogP contribution in [0.25, 0.3) is 0 Å². The summed E-state index contributed by atoms with van der Waals surface area (Å²) in [6.45, 7) is 5.03. The summed E-state index contributed by atoms with van der Waals surface area (Å²) < 4.78 is 7.27. The fraction of sp³-hybridized carbons (Fsp3) is 0.286. The number of nitrogens with one attached hydrogen (secondary N) is 1. The van der Waals surface area contributed by atoms with Gasteiger partial charge in [0, 0.05) is 14.7 Å². The first-order valence-corrected chi connectivity index (χ1v) is 7.56. The van der Waals surface area contributed by atoms with E-state index in [9.17, 15) is 0 Å². The first kappa shape index (κ1) is 12.1. The third-order valence-electron chi connectivity index (χ3n) is 3.06. The Morgan fingerprint density at radius 3 is 2.89 bits per heavy atom. The van der Waals surface area contributed by atoms with E-state index in [1.807, 2.05) is 0 Å². The molecule has 0 spiro atoms. The molecule has 2 nitrogen and oxygen atoms in total. The summed E-state index contributed by atoms with van der Waals surface area (Å²) in [6, 6.07) is 6.43. The van der Waals surface area contributed by atoms with Crippen LogP contribution >= 0.6 is 27.3 Å². The van der Waals surface area contributed by atoms with Gasteiger partial charge < -0.3 is 10.1 Å². The van der Waals surface area contributed by atoms with E-state index < -0.39 is 0 Å². The van der Waals surface area contributed by atoms with E-state index in [1.54, 1.807) is 11.3 Å². The van der Waals surface area contributed by atoms with Crippen molar-refractivity contribution >= 4 is 33.0 Å². The molecule has 1 aliphatic rings. The van der Waals surface area contributed by atoms with Crippen LogP contribution in [0.1, 0.15) is 22.1 Å². The minimum absolute atomic E-state index is 0.107. The molecule has 3 rings (SSSR count). The summed E-state index contributed by atoms with van der Waals surface area (Å²) in [5.41, 5.74) is 3.57. The Hall–Kier alpha value is -1.000. The molecular formula is C14H14BrNOS. The van der Waals surface area contributed by atoms with Crippen molar-refractivity contribution in [1.29, 1.82) is 0 Å². The molecule has 2 aromatic rings. The van der Waals surface area contributed by atoms with Crippen molar-refractivity contribution in [2.24, 2.45) is 0 Å². The van der Waals surface area contributed by atoms with Crippen LogP contribution in [0.5, 0.6) is 5.75 Å². The predicted molar refractivity (Wildman–Crippen MR) is 79.8 cm³/mol. The van der Waals surface area contributed by atoms with Crippen molar-refractivity contribution < 1.29 is 4.74 Å². The lowest BCUT2D eigenvalue weighted by Gasteiger charge is -2.28. The van der Waals surface area contributed by atoms with Gasteiger partial charge in [-0.2, -0.15) is 0 Å². The topological polar surface area (TPSA) is 21.3 Å². The lowest BCUT2D eigenvalue weighted by Crippen LogP contribution is -2.23. The van der Waals surface area contributed by atoms with Crippen molar-refractivity contribution in [3.05, 3.63) is 44.1 Å². The molecule has 0 radical (unpaired) electrons. The number of anilines is 1. The molecule has 94 valence electrons. The summed E-state index contributed by atoms with van der Waals surface area (Å²) in [5.74, 6) is 0.987. The number of rotatable bonds is 1. The molecule has 18 heavy (non-hydrogen) atoms. The standard InChI is InChI=1S/C14H14BrNOS/c1-8-3-9(2)14-11(4-8)16-6-12(17-14)13-5-10(15)7-18-13/h3-5,7,12,16H,6H2,1-2H3. The van der Waals surface area contributed by atoms with Crippen LogP contribution in [0, 0.1) is 13.8 Å². The maximum Gasteiger partial charge on any atom is 0.150 e. The summed E-state index contributed by atoms with van der Waals surface area (Å²) >= 11 is 5.22. The van der Waals surface area contributed by atoms with Gasteiger partial charge in [0.2, 0.25) is 0 Å². The molecular weight excluding hydrogens is 310 g/mol. The van der Waals surface area contributed by atoms with Crippen LogP contribution in [0.2, 0.25) is 0 Å². The van der Waals surface area contributed by atoms with E-state index in [2.05, 4.69) is 58.7 Å². The maximum absolute atomic E-state index is 6.14. The molecule has 1 aliphatic heterocycles. The third kappa shape index (κ3) is 2.15. The number of thiophene rings is 1. The van der Waals surface area contributed by atoms with Gasteiger partial charge in [0.05, 0.1) is 12.2 Å². The molecule has 0 saturated heterocycles. The Bertz CT molecular complexity index is 593. The number of ether oxygens (including phenoxy) is 1. The smallest absolute Gasteiger partial charge is 0.150 e. The van der Waals surface area contributed by atoms with Crippen molar-refractivity contribution in [3.8, 4) is 5.75 Å². The largest absolute Gasteiger partial charge is 0.481 e. The molecule has 1 unspecified atom stereocenters. The molecule has 1 aromatic carbocycles. The summed E-state index contributed by atoms with van der Waals surface area (Å²) in [4.78, 5) is 1.25. The minimum Gasteiger partial charge on any atom is -0.481 e. The van der Waals surface area contributed by atoms with Crippen molar-refractivity contribution in [2.45, 2.75) is 20.0 Å². The zero-order valence-electron chi connectivity index (χ0n) is 10.3. The average Bonchev–Trinajstić information content (AvgIpc) is 2.75. The van der Waals surface area contributed by atoms with Crippen molar-refractivity contribution in [3.63, 3.8) is 0 Å². The van der Waals surface area contributed by atoms with Gasteiger partial charge in [0.25, 0.3) is 0 Å². The molecule has 0 bridgehead atoms. The number of halogens is 1. The number of aryl methyl sites for hydroxylation is 2. The molecule has 0 amide bonds. The molecule has 1 aromatic heterocycles. The molecule has 0 fully saturated rings. The zero-order valence-corrected chi connectivity index (χ0v) is 12.7. The summed E-state index contributed by atoms with van der Waals surface area (Å²) in [6.07, 6.45) is 0.107. The van der Waals surface area contributed by atoms with Crippen LogP contribution in [-0.2, 0) is 0 Å². The van der Waals surface area contributed by atoms with Gasteiger partial charge in [0.1, 0.15) is 5.75 Å². The molecule has 1 atom stereocenters. The van der Waals surface area contributed by atoms with Gasteiger partial charge in [-0.05, 0) is 53.0 Å². The SMILES string of the molecule is Cc1cc(C)c2c(c1)NCC(c1cc(Br)cs1)O2. The van der Waals surface area contributed by atoms with Crippen LogP contribution in [0.4, 0.5) is 5.69 Å². The average molecular weight is 324 g/mol. The number of fused-ring (bicyclic) bond motifs is 1. The second-order valence-electron chi connectivity index (χ2n) is 4.61. The molecule has 2 heterocycles. The Morgan fingerprint density at radius 1 is 1.33 bits per heavy atom. The van der Waals surface area contributed by atoms with Crippen LogP contribution < -0.4 is 10.1 Å². The van der Waals surface area contributed by atoms with Gasteiger partial charge in [-0.1, -0.05) is 6.07 Å². The Kier molecular flexibility index (Phi) is 3.08. The minimum atomic E-state index is 0.107. The monoisotopic (exact) mass is 323 g/mol. The molecule has 0 aliphatic carbocycles. The first-order chi connectivity index (χ1) is 8.63. The van der Waals surface area contributed by atoms with E-state index in [0.717, 1.165) is 22.5 Å². The Balaban J connectivity index is 1.93. The van der Waals surface area contributed by atoms with E-state index >= 15 is 0 Å². The lowest BCUT2D eigenvalue weighted by atomic mass is 10.1. The second kappa shape index (κ2) is 4.59. The lowest BCUT2D eigenvalue weighted by molar-refractivity contribution is 0.212. The summed E-state index contributed by atoms with van der Waals surface area (Å²) in [7, 11) is 0. The predicted octanol–water partition coefficient (Wildman–Crippen LogP) is 4.67. The van der Waals surface area contributed by atoms with Crippen LogP contribution in [0.3, 0.4) is 0 Å². The van der Waals surface area contributed by atoms with E-state index in [0.29, 0.717) is 0 Å². The van der Waals surface area contributed by atoms with Crippen LogP contribution in [-0.4, -0.2) is 6.54 Å². The third-order valence-corrected chi connectivity index (χ3v) is 4.85. The summed E-state index contributed by atoms with van der Waals surface area (Å²) in [5, 5.41) is 5.56. The van der Waals surface area contributed by atoms with E-state index in [-0.39, 0.29) is 6.10 Å². The first-order valence-electron chi connectivity index (χ1n) is 5.89. The highest BCUT2D eigenvalue weighted by molar-refractivity contribution is 9.10. The van der Waals surface area contributed by atoms with Gasteiger partial charge in [-0.3, -0.25) is 0 Å². The Morgan fingerprint density at radius 2 is 2.17 bits per heavy atom. The van der Waals surface area contributed by atoms with Crippen LogP contribution in [0.15, 0.2) is 28.1 Å². The normalized spacial score (nSPS) is 17.8. The fourth-order valence-corrected chi connectivity index (χ4v) is 3.76. The zero-order chi connectivity index (χ0) is 12.7. The molecule has 4 heteroatoms. The quantitative estimate of drug-likeness (QED) is 0.823. The highest BCUT2D eigenvalue weighted by Gasteiger charge is 2.23. The highest BCUT2D eigenvalue weighted by atomic mass is 79.9. The van der Waals surface area contributed by atoms with E-state index in [4.69, 9.17) is 4.74 Å². The van der Waals surface area contributed by atoms with Gasteiger partial charge in [-0.15, -0.1) is 11.3 Å². The molecule has 1 N–H and O–H groups in total. The molecule has 0 saturated carbocycles.